The van der Waals surface area contributed by atoms with Crippen molar-refractivity contribution in [3.8, 4) is 5.75 Å². The number of carbonyl (C=O) groups is 1. The van der Waals surface area contributed by atoms with E-state index in [1.165, 1.54) is 0 Å². The van der Waals surface area contributed by atoms with Crippen LogP contribution in [0.2, 0.25) is 15.1 Å². The summed E-state index contributed by atoms with van der Waals surface area (Å²) in [5.41, 5.74) is 3.18. The molecule has 0 fully saturated rings. The number of ether oxygens (including phenoxy) is 1. The number of anilines is 2. The Morgan fingerprint density at radius 1 is 0.842 bits per heavy atom. The van der Waals surface area contributed by atoms with Crippen LogP contribution >= 0.6 is 42.2 Å². The molecule has 0 radical (unpaired) electrons. The average Bonchev–Trinajstić information content (AvgIpc) is 2.89. The SMILES string of the molecule is CCN(CC)c1ccc2c(c1)OC(=O)N(c1ccc(Cl)c(Cl)c1)P2(=Nc1ccc(C)c(Cl)c1)N(CC)CC. The zero-order valence-electron chi connectivity index (χ0n) is 22.2. The van der Waals surface area contributed by atoms with E-state index in [0.29, 0.717) is 45.3 Å². The third-order valence-electron chi connectivity index (χ3n) is 6.73. The summed E-state index contributed by atoms with van der Waals surface area (Å²) in [4.78, 5) is 16.2. The summed E-state index contributed by atoms with van der Waals surface area (Å²) < 4.78 is 15.3. The molecule has 38 heavy (non-hydrogen) atoms. The molecule has 0 saturated carbocycles. The van der Waals surface area contributed by atoms with Crippen LogP contribution in [0.25, 0.3) is 0 Å². The van der Waals surface area contributed by atoms with Gasteiger partial charge >= 0.3 is 6.09 Å². The van der Waals surface area contributed by atoms with Crippen molar-refractivity contribution in [1.29, 1.82) is 0 Å². The maximum atomic E-state index is 14.0. The highest BCUT2D eigenvalue weighted by atomic mass is 35.5. The minimum absolute atomic E-state index is 0.343. The van der Waals surface area contributed by atoms with E-state index < -0.39 is 13.4 Å². The van der Waals surface area contributed by atoms with E-state index in [0.717, 1.165) is 29.6 Å². The highest BCUT2D eigenvalue weighted by Crippen LogP contribution is 2.63. The summed E-state index contributed by atoms with van der Waals surface area (Å²) in [5.74, 6) is 0.512. The van der Waals surface area contributed by atoms with Crippen LogP contribution in [0.5, 0.6) is 5.75 Å². The molecule has 0 N–H and O–H groups in total. The molecule has 3 aromatic rings. The number of benzene rings is 3. The number of hydrogen-bond donors (Lipinski definition) is 0. The molecule has 202 valence electrons. The Labute approximate surface area is 240 Å². The topological polar surface area (TPSA) is 48.4 Å². The van der Waals surface area contributed by atoms with Crippen molar-refractivity contribution in [2.45, 2.75) is 34.6 Å². The van der Waals surface area contributed by atoms with Gasteiger partial charge in [0.1, 0.15) is 5.75 Å². The van der Waals surface area contributed by atoms with Crippen LogP contribution in [0.15, 0.2) is 59.3 Å². The third-order valence-corrected chi connectivity index (χ3v) is 11.7. The molecule has 1 heterocycles. The van der Waals surface area contributed by atoms with E-state index in [2.05, 4.69) is 43.3 Å². The minimum atomic E-state index is -3.00. The first-order chi connectivity index (χ1) is 18.2. The molecule has 0 saturated heterocycles. The van der Waals surface area contributed by atoms with E-state index in [1.807, 2.05) is 37.3 Å². The molecule has 1 aliphatic rings. The van der Waals surface area contributed by atoms with E-state index >= 15 is 0 Å². The lowest BCUT2D eigenvalue weighted by molar-refractivity contribution is 0.210. The van der Waals surface area contributed by atoms with Crippen molar-refractivity contribution in [3.63, 3.8) is 0 Å². The van der Waals surface area contributed by atoms with Gasteiger partial charge < -0.3 is 9.64 Å². The van der Waals surface area contributed by atoms with Crippen molar-refractivity contribution >= 4 is 70.6 Å². The zero-order chi connectivity index (χ0) is 27.6. The van der Waals surface area contributed by atoms with Gasteiger partial charge in [-0.25, -0.2) is 18.9 Å². The van der Waals surface area contributed by atoms with Crippen molar-refractivity contribution < 1.29 is 9.53 Å². The highest BCUT2D eigenvalue weighted by Gasteiger charge is 2.46. The molecule has 10 heteroatoms. The number of amides is 1. The lowest BCUT2D eigenvalue weighted by Crippen LogP contribution is -2.46. The summed E-state index contributed by atoms with van der Waals surface area (Å²) in [6.45, 7) is 13.3. The van der Waals surface area contributed by atoms with Gasteiger partial charge in [0.15, 0.2) is 7.36 Å². The van der Waals surface area contributed by atoms with Crippen LogP contribution in [-0.4, -0.2) is 36.9 Å². The summed E-state index contributed by atoms with van der Waals surface area (Å²) in [5, 5.41) is 2.20. The number of fused-ring (bicyclic) bond motifs is 1. The largest absolute Gasteiger partial charge is 0.425 e. The quantitative estimate of drug-likeness (QED) is 0.244. The zero-order valence-corrected chi connectivity index (χ0v) is 25.4. The molecular formula is C28H32Cl3N4O2P. The second-order valence-corrected chi connectivity index (χ2v) is 12.8. The molecular weight excluding hydrogens is 562 g/mol. The van der Waals surface area contributed by atoms with Crippen LogP contribution in [-0.2, 0) is 0 Å². The Hall–Kier alpha value is -2.21. The van der Waals surface area contributed by atoms with Gasteiger partial charge in [-0.3, -0.25) is 0 Å². The Kier molecular flexibility index (Phi) is 9.01. The second-order valence-electron chi connectivity index (χ2n) is 8.84. The van der Waals surface area contributed by atoms with Crippen molar-refractivity contribution in [1.82, 2.24) is 4.67 Å². The van der Waals surface area contributed by atoms with E-state index in [9.17, 15) is 4.79 Å². The molecule has 0 aliphatic carbocycles. The molecule has 1 amide bonds. The lowest BCUT2D eigenvalue weighted by Gasteiger charge is -2.45. The molecule has 0 spiro atoms. The highest BCUT2D eigenvalue weighted by molar-refractivity contribution is 7.74. The van der Waals surface area contributed by atoms with Crippen LogP contribution in [0.3, 0.4) is 0 Å². The molecule has 0 bridgehead atoms. The molecule has 0 aromatic heterocycles. The molecule has 1 atom stereocenters. The van der Waals surface area contributed by atoms with Crippen LogP contribution in [0, 0.1) is 6.92 Å². The van der Waals surface area contributed by atoms with Crippen LogP contribution in [0.1, 0.15) is 33.3 Å². The Bertz CT molecular complexity index is 1410. The Morgan fingerprint density at radius 2 is 1.55 bits per heavy atom. The van der Waals surface area contributed by atoms with E-state index in [-0.39, 0.29) is 0 Å². The fourth-order valence-corrected chi connectivity index (χ4v) is 8.92. The number of halogens is 3. The first-order valence-corrected chi connectivity index (χ1v) is 15.5. The summed E-state index contributed by atoms with van der Waals surface area (Å²) in [6.07, 6.45) is -0.519. The lowest BCUT2D eigenvalue weighted by atomic mass is 10.2. The number of aryl methyl sites for hydroxylation is 1. The van der Waals surface area contributed by atoms with Crippen LogP contribution in [0.4, 0.5) is 21.9 Å². The second kappa shape index (κ2) is 11.9. The maximum Gasteiger partial charge on any atom is 0.425 e. The van der Waals surface area contributed by atoms with Gasteiger partial charge in [-0.2, -0.15) is 0 Å². The van der Waals surface area contributed by atoms with E-state index in [4.69, 9.17) is 44.3 Å². The van der Waals surface area contributed by atoms with Crippen molar-refractivity contribution in [2.24, 2.45) is 4.74 Å². The van der Waals surface area contributed by atoms with Crippen LogP contribution < -0.4 is 19.6 Å². The Morgan fingerprint density at radius 3 is 2.16 bits per heavy atom. The number of nitrogens with zero attached hydrogens (tertiary/aromatic N) is 4. The van der Waals surface area contributed by atoms with E-state index in [1.54, 1.807) is 22.9 Å². The first kappa shape index (κ1) is 28.8. The number of carbonyl (C=O) groups excluding carboxylic acids is 1. The van der Waals surface area contributed by atoms with Gasteiger partial charge in [0.05, 0.1) is 26.7 Å². The minimum Gasteiger partial charge on any atom is -0.409 e. The van der Waals surface area contributed by atoms with Crippen molar-refractivity contribution in [2.75, 3.05) is 35.7 Å². The van der Waals surface area contributed by atoms with Gasteiger partial charge in [-0.05, 0) is 68.8 Å². The first-order valence-electron chi connectivity index (χ1n) is 12.7. The van der Waals surface area contributed by atoms with Gasteiger partial charge in [0.25, 0.3) is 0 Å². The molecule has 3 aromatic carbocycles. The standard InChI is InChI=1S/C28H32Cl3N4O2P/c1-6-33(7-2)21-13-15-27-26(18-21)37-28(36)35(22-12-14-23(29)25(31)17-22)38(27,34(8-3)9-4)32-20-11-10-19(5)24(30)16-20/h10-18H,6-9H2,1-5H3. The predicted octanol–water partition coefficient (Wildman–Crippen LogP) is 9.15. The van der Waals surface area contributed by atoms with Gasteiger partial charge in [-0.1, -0.05) is 54.7 Å². The fourth-order valence-electron chi connectivity index (χ4n) is 4.72. The molecule has 6 nitrogen and oxygen atoms in total. The summed E-state index contributed by atoms with van der Waals surface area (Å²) >= 11 is 19.2. The summed E-state index contributed by atoms with van der Waals surface area (Å²) in [6, 6.07) is 16.9. The predicted molar refractivity (Wildman–Crippen MR) is 163 cm³/mol. The average molecular weight is 594 g/mol. The van der Waals surface area contributed by atoms with Gasteiger partial charge in [0, 0.05) is 43.0 Å². The van der Waals surface area contributed by atoms with Gasteiger partial charge in [0.2, 0.25) is 0 Å². The Balaban J connectivity index is 2.12. The molecule has 1 unspecified atom stereocenters. The smallest absolute Gasteiger partial charge is 0.409 e. The van der Waals surface area contributed by atoms with Gasteiger partial charge in [-0.15, -0.1) is 0 Å². The third kappa shape index (κ3) is 5.17. The summed E-state index contributed by atoms with van der Waals surface area (Å²) in [7, 11) is -3.00. The fraction of sp³-hybridized carbons (Fsp3) is 0.321. The normalized spacial score (nSPS) is 16.9. The maximum absolute atomic E-state index is 14.0. The molecule has 1 aliphatic heterocycles. The monoisotopic (exact) mass is 592 g/mol. The molecule has 4 rings (SSSR count). The number of rotatable bonds is 8. The number of hydrogen-bond acceptors (Lipinski definition) is 4. The van der Waals surface area contributed by atoms with Crippen molar-refractivity contribution in [3.05, 3.63) is 75.2 Å².